The van der Waals surface area contributed by atoms with Crippen LogP contribution in [0.15, 0.2) is 65.7 Å². The molecule has 3 aromatic heterocycles. The standard InChI is InChI=1S/C24H21N7O5/c1-14-9-18(36-13-15-11-26-23(27-15)31(33)34)7-8-19(14)28-22-10-21-20(12-25-22)29-24(32)30(21)16-3-5-17(35-2)6-4-16/h3-12H,13H2,1-2H3,(H,25,28)(H,26,27)(H,29,32). The van der Waals surface area contributed by atoms with Crippen LogP contribution in [0.2, 0.25) is 0 Å². The molecule has 36 heavy (non-hydrogen) atoms. The Morgan fingerprint density at radius 3 is 2.53 bits per heavy atom. The Balaban J connectivity index is 1.35. The lowest BCUT2D eigenvalue weighted by Gasteiger charge is -2.12. The third-order valence-corrected chi connectivity index (χ3v) is 5.54. The molecule has 0 aliphatic rings. The van der Waals surface area contributed by atoms with Gasteiger partial charge in [0.15, 0.2) is 0 Å². The molecule has 0 fully saturated rings. The summed E-state index contributed by atoms with van der Waals surface area (Å²) in [7, 11) is 1.59. The first kappa shape index (κ1) is 22.7. The van der Waals surface area contributed by atoms with Crippen LogP contribution >= 0.6 is 0 Å². The lowest BCUT2D eigenvalue weighted by molar-refractivity contribution is -0.393. The summed E-state index contributed by atoms with van der Waals surface area (Å²) in [6.07, 6.45) is 2.98. The third kappa shape index (κ3) is 4.46. The maximum Gasteiger partial charge on any atom is 0.432 e. The summed E-state index contributed by atoms with van der Waals surface area (Å²) in [6, 6.07) is 14.5. The van der Waals surface area contributed by atoms with Crippen LogP contribution in [-0.4, -0.2) is 36.5 Å². The second-order valence-corrected chi connectivity index (χ2v) is 7.93. The van der Waals surface area contributed by atoms with E-state index in [0.29, 0.717) is 39.7 Å². The number of anilines is 2. The number of H-pyrrole nitrogens is 2. The van der Waals surface area contributed by atoms with E-state index in [0.717, 1.165) is 11.3 Å². The molecule has 0 spiro atoms. The minimum atomic E-state index is -0.594. The van der Waals surface area contributed by atoms with Crippen molar-refractivity contribution in [1.29, 1.82) is 0 Å². The number of nitrogens with one attached hydrogen (secondary N) is 3. The molecule has 2 aromatic carbocycles. The molecule has 0 radical (unpaired) electrons. The van der Waals surface area contributed by atoms with E-state index in [1.807, 2.05) is 31.2 Å². The summed E-state index contributed by atoms with van der Waals surface area (Å²) in [5.74, 6) is 1.53. The Morgan fingerprint density at radius 2 is 1.83 bits per heavy atom. The van der Waals surface area contributed by atoms with Crippen molar-refractivity contribution in [2.24, 2.45) is 0 Å². The zero-order chi connectivity index (χ0) is 25.2. The number of pyridine rings is 1. The predicted octanol–water partition coefficient (Wildman–Crippen LogP) is 3.98. The van der Waals surface area contributed by atoms with E-state index in [-0.39, 0.29) is 18.2 Å². The van der Waals surface area contributed by atoms with Crippen molar-refractivity contribution < 1.29 is 14.4 Å². The summed E-state index contributed by atoms with van der Waals surface area (Å²) >= 11 is 0. The molecular formula is C24H21N7O5. The highest BCUT2D eigenvalue weighted by Crippen LogP contribution is 2.26. The number of ether oxygens (including phenoxy) is 2. The smallest absolute Gasteiger partial charge is 0.432 e. The van der Waals surface area contributed by atoms with Gasteiger partial charge in [-0.25, -0.2) is 14.8 Å². The van der Waals surface area contributed by atoms with E-state index in [1.165, 1.54) is 6.20 Å². The Kier molecular flexibility index (Phi) is 5.82. The van der Waals surface area contributed by atoms with Gasteiger partial charge in [0.1, 0.15) is 35.8 Å². The van der Waals surface area contributed by atoms with Crippen molar-refractivity contribution in [1.82, 2.24) is 24.5 Å². The van der Waals surface area contributed by atoms with E-state index in [1.54, 1.807) is 42.1 Å². The van der Waals surface area contributed by atoms with Gasteiger partial charge in [-0.3, -0.25) is 4.57 Å². The van der Waals surface area contributed by atoms with Crippen LogP contribution in [0.1, 0.15) is 11.3 Å². The normalized spacial score (nSPS) is 10.9. The quantitative estimate of drug-likeness (QED) is 0.219. The fraction of sp³-hybridized carbons (Fsp3) is 0.125. The lowest BCUT2D eigenvalue weighted by Crippen LogP contribution is -2.14. The Hall–Kier alpha value is -5.13. The molecule has 0 unspecified atom stereocenters. The second-order valence-electron chi connectivity index (χ2n) is 7.93. The Labute approximate surface area is 203 Å². The second kappa shape index (κ2) is 9.25. The summed E-state index contributed by atoms with van der Waals surface area (Å²) in [5.41, 5.74) is 3.91. The number of aromatic amines is 2. The summed E-state index contributed by atoms with van der Waals surface area (Å²) in [4.78, 5) is 36.3. The molecule has 0 bridgehead atoms. The van der Waals surface area contributed by atoms with Gasteiger partial charge in [-0.2, -0.15) is 0 Å². The molecule has 182 valence electrons. The maximum atomic E-state index is 12.6. The zero-order valence-electron chi connectivity index (χ0n) is 19.3. The Bertz CT molecular complexity index is 1620. The molecule has 0 amide bonds. The number of aryl methyl sites for hydroxylation is 1. The van der Waals surface area contributed by atoms with Crippen molar-refractivity contribution in [3.8, 4) is 17.2 Å². The third-order valence-electron chi connectivity index (χ3n) is 5.54. The van der Waals surface area contributed by atoms with Gasteiger partial charge in [-0.15, -0.1) is 0 Å². The van der Waals surface area contributed by atoms with Crippen LogP contribution in [-0.2, 0) is 6.61 Å². The monoisotopic (exact) mass is 487 g/mol. The largest absolute Gasteiger partial charge is 0.497 e. The average Bonchev–Trinajstić information content (AvgIpc) is 3.48. The zero-order valence-corrected chi connectivity index (χ0v) is 19.3. The number of nitrogens with zero attached hydrogens (tertiary/aromatic N) is 4. The number of nitro groups is 1. The Morgan fingerprint density at radius 1 is 1.06 bits per heavy atom. The fourth-order valence-electron chi connectivity index (χ4n) is 3.74. The minimum Gasteiger partial charge on any atom is -0.497 e. The average molecular weight is 487 g/mol. The first-order chi connectivity index (χ1) is 17.4. The molecule has 12 heteroatoms. The highest BCUT2D eigenvalue weighted by molar-refractivity contribution is 5.80. The number of benzene rings is 2. The van der Waals surface area contributed by atoms with Crippen molar-refractivity contribution >= 4 is 28.5 Å². The molecule has 5 rings (SSSR count). The van der Waals surface area contributed by atoms with Crippen LogP contribution in [0.5, 0.6) is 11.5 Å². The number of aromatic nitrogens is 5. The van der Waals surface area contributed by atoms with E-state index >= 15 is 0 Å². The SMILES string of the molecule is COc1ccc(-n2c(=O)[nH]c3cnc(Nc4ccc(OCc5cnc([N+](=O)[O-])[nH]5)cc4C)cc32)cc1. The van der Waals surface area contributed by atoms with Crippen LogP contribution in [0.3, 0.4) is 0 Å². The maximum absolute atomic E-state index is 12.6. The lowest BCUT2D eigenvalue weighted by atomic mass is 10.2. The van der Waals surface area contributed by atoms with Crippen molar-refractivity contribution in [3.63, 3.8) is 0 Å². The molecule has 0 atom stereocenters. The molecule has 0 saturated carbocycles. The van der Waals surface area contributed by atoms with Crippen LogP contribution in [0, 0.1) is 17.0 Å². The van der Waals surface area contributed by atoms with Gasteiger partial charge < -0.3 is 29.9 Å². The minimum absolute atomic E-state index is 0.113. The number of fused-ring (bicyclic) bond motifs is 1. The summed E-state index contributed by atoms with van der Waals surface area (Å²) in [5, 5.41) is 14.0. The molecule has 3 heterocycles. The van der Waals surface area contributed by atoms with Gasteiger partial charge in [-0.05, 0) is 59.9 Å². The fourth-order valence-corrected chi connectivity index (χ4v) is 3.74. The van der Waals surface area contributed by atoms with Crippen LogP contribution < -0.4 is 20.5 Å². The van der Waals surface area contributed by atoms with E-state index in [4.69, 9.17) is 9.47 Å². The molecule has 3 N–H and O–H groups in total. The molecule has 5 aromatic rings. The number of hydrogen-bond acceptors (Lipinski definition) is 8. The van der Waals surface area contributed by atoms with E-state index in [9.17, 15) is 14.9 Å². The molecular weight excluding hydrogens is 466 g/mol. The van der Waals surface area contributed by atoms with Crippen LogP contribution in [0.25, 0.3) is 16.7 Å². The topological polar surface area (TPSA) is 153 Å². The van der Waals surface area contributed by atoms with Gasteiger partial charge in [0, 0.05) is 11.8 Å². The number of hydrogen-bond donors (Lipinski definition) is 3. The van der Waals surface area contributed by atoms with Crippen molar-refractivity contribution in [3.05, 3.63) is 92.8 Å². The van der Waals surface area contributed by atoms with Crippen molar-refractivity contribution in [2.75, 3.05) is 12.4 Å². The van der Waals surface area contributed by atoms with Gasteiger partial charge in [0.25, 0.3) is 0 Å². The number of imidazole rings is 2. The first-order valence-corrected chi connectivity index (χ1v) is 10.9. The highest BCUT2D eigenvalue weighted by atomic mass is 16.6. The van der Waals surface area contributed by atoms with E-state index < -0.39 is 4.92 Å². The predicted molar refractivity (Wildman–Crippen MR) is 132 cm³/mol. The van der Waals surface area contributed by atoms with Gasteiger partial charge in [0.2, 0.25) is 0 Å². The highest BCUT2D eigenvalue weighted by Gasteiger charge is 2.13. The molecule has 12 nitrogen and oxygen atoms in total. The molecule has 0 saturated heterocycles. The summed E-state index contributed by atoms with van der Waals surface area (Å²) in [6.45, 7) is 2.03. The van der Waals surface area contributed by atoms with Crippen molar-refractivity contribution in [2.45, 2.75) is 13.5 Å². The molecule has 0 aliphatic carbocycles. The van der Waals surface area contributed by atoms with Crippen LogP contribution in [0.4, 0.5) is 17.5 Å². The van der Waals surface area contributed by atoms with E-state index in [2.05, 4.69) is 25.3 Å². The molecule has 0 aliphatic heterocycles. The number of rotatable bonds is 8. The van der Waals surface area contributed by atoms with Gasteiger partial charge in [-0.1, -0.05) is 4.98 Å². The summed E-state index contributed by atoms with van der Waals surface area (Å²) < 4.78 is 12.5. The number of methoxy groups -OCH3 is 1. The first-order valence-electron chi connectivity index (χ1n) is 10.9. The van der Waals surface area contributed by atoms with Gasteiger partial charge in [0.05, 0.1) is 30.0 Å². The van der Waals surface area contributed by atoms with Gasteiger partial charge >= 0.3 is 11.6 Å².